The number of nitrogens with zero attached hydrogens (tertiary/aromatic N) is 4. The lowest BCUT2D eigenvalue weighted by atomic mass is 9.95. The number of hydrogen-bond donors (Lipinski definition) is 0. The molecule has 3 aromatic heterocycles. The predicted molar refractivity (Wildman–Crippen MR) is 362 cm³/mol. The van der Waals surface area contributed by atoms with Crippen LogP contribution < -0.4 is 30.1 Å². The second-order valence-corrected chi connectivity index (χ2v) is 23.1. The molecule has 12 aromatic carbocycles. The Morgan fingerprint density at radius 2 is 1.02 bits per heavy atom. The predicted octanol–water partition coefficient (Wildman–Crippen LogP) is 17.0. The van der Waals surface area contributed by atoms with Crippen LogP contribution in [0.3, 0.4) is 0 Å². The van der Waals surface area contributed by atoms with Gasteiger partial charge in [0, 0.05) is 40.9 Å². The minimum atomic E-state index is -6.81. The van der Waals surface area contributed by atoms with Crippen molar-refractivity contribution >= 4 is 61.7 Å². The molecule has 0 fully saturated rings. The molecule has 87 heavy (non-hydrogen) atoms. The summed E-state index contributed by atoms with van der Waals surface area (Å²) in [6.07, 6.45) is 4.31. The van der Waals surface area contributed by atoms with Gasteiger partial charge in [0.15, 0.2) is 8.07 Å². The summed E-state index contributed by atoms with van der Waals surface area (Å²) in [4.78, 5) is 4.68. The maximum Gasteiger partial charge on any atom is 0.269 e. The highest BCUT2D eigenvalue weighted by atomic mass is 28.3. The fourth-order valence-electron chi connectivity index (χ4n) is 11.1. The van der Waals surface area contributed by atoms with Gasteiger partial charge in [-0.25, -0.2) is 4.98 Å². The van der Waals surface area contributed by atoms with E-state index in [0.29, 0.717) is 21.8 Å². The minimum Gasteiger partial charge on any atom is -0.458 e. The summed E-state index contributed by atoms with van der Waals surface area (Å²) < 4.78 is 372. The van der Waals surface area contributed by atoms with Crippen LogP contribution in [0.5, 0.6) is 11.5 Å². The van der Waals surface area contributed by atoms with Gasteiger partial charge in [0.05, 0.1) is 74.6 Å². The van der Waals surface area contributed by atoms with Crippen molar-refractivity contribution in [3.05, 3.63) is 332 Å². The number of aryl methyl sites for hydroxylation is 3. The molecule has 0 N–H and O–H groups in total. The summed E-state index contributed by atoms with van der Waals surface area (Å²) in [6.45, 7) is -9.19. The molecule has 6 heteroatoms. The monoisotopic (exact) mass is 1170 g/mol. The van der Waals surface area contributed by atoms with Gasteiger partial charge < -0.3 is 4.74 Å². The fourth-order valence-corrected chi connectivity index (χ4v) is 15.1. The minimum absolute atomic E-state index is 0.0193. The van der Waals surface area contributed by atoms with Crippen molar-refractivity contribution in [1.29, 1.82) is 0 Å². The van der Waals surface area contributed by atoms with Gasteiger partial charge in [-0.2, -0.15) is 0 Å². The lowest BCUT2D eigenvalue weighted by molar-refractivity contribution is -0.570. The van der Waals surface area contributed by atoms with E-state index in [9.17, 15) is 24.7 Å². The third-order valence-electron chi connectivity index (χ3n) is 14.8. The molecule has 0 saturated carbocycles. The molecule has 0 aliphatic carbocycles. The third kappa shape index (κ3) is 9.35. The molecule has 0 radical (unpaired) electrons. The number of ether oxygens (including phenoxy) is 1. The number of rotatable bonds is 13. The van der Waals surface area contributed by atoms with E-state index in [2.05, 4.69) is 11.3 Å². The first kappa shape index (κ1) is 25.7. The van der Waals surface area contributed by atoms with Crippen LogP contribution in [0.4, 0.5) is 0 Å². The van der Waals surface area contributed by atoms with E-state index in [4.69, 9.17) is 33.5 Å². The highest BCUT2D eigenvalue weighted by Gasteiger charge is 2.44. The average Bonchev–Trinajstić information content (AvgIpc) is 1.36. The van der Waals surface area contributed by atoms with Gasteiger partial charge in [0.25, 0.3) is 6.33 Å². The molecule has 15 rings (SSSR count). The van der Waals surface area contributed by atoms with E-state index < -0.39 is 281 Å². The first-order valence-electron chi connectivity index (χ1n) is 46.0. The van der Waals surface area contributed by atoms with Crippen LogP contribution in [0.1, 0.15) is 70.1 Å². The zero-order chi connectivity index (χ0) is 92.0. The van der Waals surface area contributed by atoms with E-state index in [0.717, 1.165) is 35.0 Å². The van der Waals surface area contributed by atoms with E-state index in [1.807, 2.05) is 0 Å². The topological polar surface area (TPSA) is 35.9 Å². The molecule has 414 valence electrons. The Hall–Kier alpha value is -10.9. The first-order valence-corrected chi connectivity index (χ1v) is 28.5. The third-order valence-corrected chi connectivity index (χ3v) is 19.0. The van der Waals surface area contributed by atoms with Gasteiger partial charge in [0.2, 0.25) is 0 Å². The Labute approximate surface area is 563 Å². The van der Waals surface area contributed by atoms with Gasteiger partial charge in [-0.05, 0) is 152 Å². The lowest BCUT2D eigenvalue weighted by Gasteiger charge is -2.37. The van der Waals surface area contributed by atoms with Crippen molar-refractivity contribution < 1.29 is 62.8 Å². The zero-order valence-electron chi connectivity index (χ0n) is 83.8. The number of aromatic nitrogens is 4. The standard InChI is InChI=1S/C81H60N4OSi/c1-56-26-24-27-57(2)80(56)62-44-47-75-77(50-62)83(64-34-25-35-65(52-64)86-66-45-46-71-70-42-22-23-43-74(70)85(76(71)53-66)79-48-58(3)73(54-82-79)61-32-14-6-15-33-61)55-84(75)81-72(60-30-12-5-13-31-60)49-63(59-28-10-4-11-29-59)51-78(81)87(67-36-16-7-17-37-67,68-38-18-8-19-39-68)69-40-20-9-21-41-69/h4-54H,1-3H3/i1D3,2D3,3D3,4D,5D,6D,7D,8D,9D,10D,11D,12D,13D,14D,15D,16D,17D,18D,19D,20D,21D,28D,29D,30D,31D,32D,33D,36D,37D,38D,39D,40D,41D. The van der Waals surface area contributed by atoms with Crippen molar-refractivity contribution in [1.82, 2.24) is 14.1 Å². The number of pyridine rings is 1. The highest BCUT2D eigenvalue weighted by Crippen LogP contribution is 2.39. The SMILES string of the molecule is [2H]c1c([2H])c([2H])c(-c2cc(-c3c([2H])c([2H])c([2H])c([2H])c3[2H])c(-[n+]3[c-]n(-c4cccc(Oc5ccc6c7ccccc7n(-c7cc(C([2H])([2H])[2H])c(-c8c([2H])c([2H])c([2H])c([2H])c8[2H])cn7)c6c5)c4)c4cc(-c5c(C([2H])([2H])[2H])cccc5C([2H])([2H])[2H])ccc43)c([Si](c3c([2H])c([2H])c([2H])c([2H])c3[2H])(c3c([2H])c([2H])c([2H])c([2H])c3[2H])c3c([2H])c([2H])c([2H])c([2H])c3[2H])c2)c([2H])c1[2H]. The summed E-state index contributed by atoms with van der Waals surface area (Å²) in [5, 5.41) is -3.30. The van der Waals surface area contributed by atoms with Crippen LogP contribution in [0.25, 0.3) is 94.5 Å². The second-order valence-electron chi connectivity index (χ2n) is 19.6. The Morgan fingerprint density at radius 1 is 0.448 bits per heavy atom. The number of benzene rings is 12. The summed E-state index contributed by atoms with van der Waals surface area (Å²) in [6, 6.07) is -5.46. The molecule has 0 aliphatic rings. The quantitative estimate of drug-likeness (QED) is 0.0499. The number of fused-ring (bicyclic) bond motifs is 4. The van der Waals surface area contributed by atoms with Crippen LogP contribution >= 0.6 is 0 Å². The van der Waals surface area contributed by atoms with Crippen LogP contribution in [-0.2, 0) is 0 Å². The van der Waals surface area contributed by atoms with Crippen LogP contribution in [-0.4, -0.2) is 22.2 Å². The van der Waals surface area contributed by atoms with Gasteiger partial charge in [0.1, 0.15) is 17.3 Å². The molecule has 0 saturated heterocycles. The van der Waals surface area contributed by atoms with Gasteiger partial charge in [-0.1, -0.05) is 242 Å². The number of hydrogen-bond acceptors (Lipinski definition) is 2. The maximum atomic E-state index is 10.2. The van der Waals surface area contributed by atoms with Crippen molar-refractivity contribution in [2.24, 2.45) is 0 Å². The largest absolute Gasteiger partial charge is 0.458 e. The molecule has 0 spiro atoms. The molecule has 0 aliphatic heterocycles. The summed E-state index contributed by atoms with van der Waals surface area (Å²) in [5.41, 5.74) is -6.64. The van der Waals surface area contributed by atoms with Gasteiger partial charge in [-0.3, -0.25) is 13.7 Å². The molecule has 0 amide bonds. The molecule has 3 heterocycles. The first-order chi connectivity index (χ1) is 58.9. The van der Waals surface area contributed by atoms with Crippen molar-refractivity contribution in [2.45, 2.75) is 20.6 Å². The van der Waals surface area contributed by atoms with Crippen molar-refractivity contribution in [3.63, 3.8) is 0 Å². The zero-order valence-corrected chi connectivity index (χ0v) is 45.8. The van der Waals surface area contributed by atoms with Gasteiger partial charge in [-0.15, -0.1) is 0 Å². The Morgan fingerprint density at radius 3 is 1.67 bits per heavy atom. The molecule has 15 aromatic rings. The summed E-state index contributed by atoms with van der Waals surface area (Å²) in [7, 11) is -6.81. The number of imidazole rings is 1. The van der Waals surface area contributed by atoms with E-state index in [1.165, 1.54) is 59.2 Å². The smallest absolute Gasteiger partial charge is 0.269 e. The second kappa shape index (κ2) is 22.2. The van der Waals surface area contributed by atoms with Crippen LogP contribution in [0.15, 0.2) is 309 Å². The lowest BCUT2D eigenvalue weighted by Crippen LogP contribution is -2.76. The normalized spacial score (nSPS) is 18.4. The molecular formula is C81H60N4OSi. The maximum absolute atomic E-state index is 10.2. The molecular weight excluding hydrogens is 1070 g/mol. The molecule has 0 atom stereocenters. The molecule has 0 unspecified atom stereocenters. The van der Waals surface area contributed by atoms with E-state index >= 15 is 0 Å². The van der Waals surface area contributed by atoms with Crippen molar-refractivity contribution in [2.75, 3.05) is 0 Å². The van der Waals surface area contributed by atoms with Crippen molar-refractivity contribution in [3.8, 4) is 73.2 Å². The Kier molecular flexibility index (Phi) is 6.58. The van der Waals surface area contributed by atoms with Crippen LogP contribution in [0.2, 0.25) is 0 Å². The van der Waals surface area contributed by atoms with Crippen LogP contribution in [0, 0.1) is 26.9 Å². The molecule has 5 nitrogen and oxygen atoms in total. The Balaban J connectivity index is 1.13. The number of para-hydroxylation sites is 1. The molecule has 0 bridgehead atoms. The van der Waals surface area contributed by atoms with E-state index in [-0.39, 0.29) is 50.7 Å². The Bertz CT molecular complexity index is 6920. The van der Waals surface area contributed by atoms with E-state index in [1.54, 1.807) is 47.0 Å². The summed E-state index contributed by atoms with van der Waals surface area (Å²) >= 11 is 0. The van der Waals surface area contributed by atoms with Gasteiger partial charge >= 0.3 is 0 Å². The average molecular weight is 1170 g/mol. The highest BCUT2D eigenvalue weighted by molar-refractivity contribution is 7.20. The summed E-state index contributed by atoms with van der Waals surface area (Å²) in [5.74, 6) is -0.0302. The fraction of sp³-hybridized carbons (Fsp3) is 0.0370.